The largest absolute Gasteiger partial charge is 0.390 e. The van der Waals surface area contributed by atoms with E-state index in [1.807, 2.05) is 6.08 Å². The van der Waals surface area contributed by atoms with E-state index < -0.39 is 12.2 Å². The van der Waals surface area contributed by atoms with Crippen LogP contribution in [0.5, 0.6) is 0 Å². The van der Waals surface area contributed by atoms with Crippen LogP contribution in [0, 0.1) is 0 Å². The van der Waals surface area contributed by atoms with Crippen LogP contribution in [-0.4, -0.2) is 34.6 Å². The third-order valence-corrected chi connectivity index (χ3v) is 4.68. The Hall–Kier alpha value is -0.380. The number of rotatable bonds is 13. The minimum absolute atomic E-state index is 0.0647. The predicted octanol–water partition coefficient (Wildman–Crippen LogP) is 4.36. The number of allylic oxidation sites excluding steroid dienone is 1. The Morgan fingerprint density at radius 3 is 2.59 bits per heavy atom. The van der Waals surface area contributed by atoms with Crippen LogP contribution in [0.4, 0.5) is 0 Å². The molecule has 3 nitrogen and oxygen atoms in total. The fourth-order valence-corrected chi connectivity index (χ4v) is 3.22. The molecule has 1 aliphatic heterocycles. The monoisotopic (exact) mass is 312 g/mol. The molecule has 3 heteroatoms. The van der Waals surface area contributed by atoms with Crippen LogP contribution >= 0.6 is 0 Å². The lowest BCUT2D eigenvalue weighted by molar-refractivity contribution is -0.0498. The summed E-state index contributed by atoms with van der Waals surface area (Å²) in [7, 11) is 0. The minimum Gasteiger partial charge on any atom is -0.390 e. The number of unbranched alkanes of at least 4 members (excludes halogenated alkanes) is 7. The molecule has 1 saturated heterocycles. The number of aliphatic hydroxyl groups excluding tert-OH is 2. The number of hydrogen-bond acceptors (Lipinski definition) is 3. The lowest BCUT2D eigenvalue weighted by atomic mass is 10.0. The van der Waals surface area contributed by atoms with Gasteiger partial charge in [-0.3, -0.25) is 0 Å². The van der Waals surface area contributed by atoms with E-state index in [9.17, 15) is 10.2 Å². The lowest BCUT2D eigenvalue weighted by Gasteiger charge is -2.19. The predicted molar refractivity (Wildman–Crippen MR) is 91.9 cm³/mol. The van der Waals surface area contributed by atoms with E-state index >= 15 is 0 Å². The van der Waals surface area contributed by atoms with Crippen LogP contribution in [0.25, 0.3) is 0 Å². The van der Waals surface area contributed by atoms with Gasteiger partial charge in [0.15, 0.2) is 0 Å². The first-order chi connectivity index (χ1) is 10.7. The summed E-state index contributed by atoms with van der Waals surface area (Å²) in [5, 5.41) is 20.3. The summed E-state index contributed by atoms with van der Waals surface area (Å²) in [6.45, 7) is 5.91. The molecule has 130 valence electrons. The van der Waals surface area contributed by atoms with E-state index in [0.29, 0.717) is 6.42 Å². The van der Waals surface area contributed by atoms with E-state index in [-0.39, 0.29) is 12.2 Å². The molecule has 0 amide bonds. The minimum atomic E-state index is -0.418. The quantitative estimate of drug-likeness (QED) is 0.392. The van der Waals surface area contributed by atoms with Gasteiger partial charge in [-0.15, -0.1) is 6.58 Å². The second-order valence-corrected chi connectivity index (χ2v) is 6.71. The van der Waals surface area contributed by atoms with Gasteiger partial charge in [0.25, 0.3) is 0 Å². The average Bonchev–Trinajstić information content (AvgIpc) is 2.88. The molecule has 22 heavy (non-hydrogen) atoms. The van der Waals surface area contributed by atoms with Gasteiger partial charge in [-0.25, -0.2) is 0 Å². The molecule has 0 radical (unpaired) electrons. The molecule has 0 bridgehead atoms. The van der Waals surface area contributed by atoms with Crippen LogP contribution in [0.1, 0.15) is 84.0 Å². The first-order valence-corrected chi connectivity index (χ1v) is 9.31. The van der Waals surface area contributed by atoms with Gasteiger partial charge in [0.2, 0.25) is 0 Å². The Balaban J connectivity index is 2.10. The summed E-state index contributed by atoms with van der Waals surface area (Å²) in [6, 6.07) is 0. The van der Waals surface area contributed by atoms with Crippen molar-refractivity contribution in [2.45, 2.75) is 108 Å². The summed E-state index contributed by atoms with van der Waals surface area (Å²) in [4.78, 5) is 0. The van der Waals surface area contributed by atoms with E-state index in [1.54, 1.807) is 0 Å². The maximum atomic E-state index is 10.2. The molecule has 0 unspecified atom stereocenters. The lowest BCUT2D eigenvalue weighted by Crippen LogP contribution is -2.26. The van der Waals surface area contributed by atoms with E-state index in [2.05, 4.69) is 13.5 Å². The average molecular weight is 312 g/mol. The third-order valence-electron chi connectivity index (χ3n) is 4.68. The van der Waals surface area contributed by atoms with Crippen molar-refractivity contribution < 1.29 is 14.9 Å². The maximum absolute atomic E-state index is 10.2. The first kappa shape index (κ1) is 19.7. The summed E-state index contributed by atoms with van der Waals surface area (Å²) < 4.78 is 5.88. The van der Waals surface area contributed by atoms with Gasteiger partial charge in [-0.2, -0.15) is 0 Å². The van der Waals surface area contributed by atoms with Crippen molar-refractivity contribution in [1.29, 1.82) is 0 Å². The van der Waals surface area contributed by atoms with E-state index in [1.165, 1.54) is 38.5 Å². The highest BCUT2D eigenvalue weighted by atomic mass is 16.5. The van der Waals surface area contributed by atoms with Crippen LogP contribution in [0.2, 0.25) is 0 Å². The summed E-state index contributed by atoms with van der Waals surface area (Å²) in [6.07, 6.45) is 13.7. The SMILES string of the molecule is C=CCCCCCCC[C@H](O)[C@H]1C[C@@H](O)[C@H](CCCCC)O1. The van der Waals surface area contributed by atoms with E-state index in [4.69, 9.17) is 4.74 Å². The summed E-state index contributed by atoms with van der Waals surface area (Å²) in [5.41, 5.74) is 0. The molecule has 0 aliphatic carbocycles. The van der Waals surface area contributed by atoms with Gasteiger partial charge in [0, 0.05) is 6.42 Å². The summed E-state index contributed by atoms with van der Waals surface area (Å²) >= 11 is 0. The first-order valence-electron chi connectivity index (χ1n) is 9.31. The van der Waals surface area contributed by atoms with Gasteiger partial charge in [-0.05, 0) is 25.7 Å². The summed E-state index contributed by atoms with van der Waals surface area (Å²) in [5.74, 6) is 0. The number of aliphatic hydroxyl groups is 2. The number of hydrogen-bond donors (Lipinski definition) is 2. The van der Waals surface area contributed by atoms with Gasteiger partial charge < -0.3 is 14.9 Å². The standard InChI is InChI=1S/C19H36O3/c1-3-5-7-8-9-10-12-13-16(20)19-15-17(21)18(22-19)14-11-6-4-2/h3,16-21H,1,4-15H2,2H3/t16-,17+,18-,19+/m0/s1. The molecule has 0 aromatic rings. The normalized spacial score (nSPS) is 26.2. The van der Waals surface area contributed by atoms with Crippen LogP contribution < -0.4 is 0 Å². The van der Waals surface area contributed by atoms with Crippen LogP contribution in [0.3, 0.4) is 0 Å². The van der Waals surface area contributed by atoms with Crippen molar-refractivity contribution in [3.05, 3.63) is 12.7 Å². The second kappa shape index (κ2) is 12.1. The van der Waals surface area contributed by atoms with Crippen LogP contribution in [-0.2, 0) is 4.74 Å². The topological polar surface area (TPSA) is 49.7 Å². The molecule has 1 aliphatic rings. The Morgan fingerprint density at radius 2 is 1.86 bits per heavy atom. The van der Waals surface area contributed by atoms with E-state index in [0.717, 1.165) is 32.1 Å². The fourth-order valence-electron chi connectivity index (χ4n) is 3.22. The maximum Gasteiger partial charge on any atom is 0.0864 e. The fraction of sp³-hybridized carbons (Fsp3) is 0.895. The zero-order valence-electron chi connectivity index (χ0n) is 14.4. The van der Waals surface area contributed by atoms with Crippen LogP contribution in [0.15, 0.2) is 12.7 Å². The molecular formula is C19H36O3. The highest BCUT2D eigenvalue weighted by molar-refractivity contribution is 4.85. The second-order valence-electron chi connectivity index (χ2n) is 6.71. The molecular weight excluding hydrogens is 276 g/mol. The van der Waals surface area contributed by atoms with Gasteiger partial charge >= 0.3 is 0 Å². The smallest absolute Gasteiger partial charge is 0.0864 e. The van der Waals surface area contributed by atoms with Crippen molar-refractivity contribution in [3.8, 4) is 0 Å². The van der Waals surface area contributed by atoms with Crippen molar-refractivity contribution in [1.82, 2.24) is 0 Å². The molecule has 0 aromatic heterocycles. The van der Waals surface area contributed by atoms with Crippen molar-refractivity contribution >= 4 is 0 Å². The Bertz CT molecular complexity index is 280. The van der Waals surface area contributed by atoms with Crippen molar-refractivity contribution in [3.63, 3.8) is 0 Å². The van der Waals surface area contributed by atoms with Crippen molar-refractivity contribution in [2.75, 3.05) is 0 Å². The molecule has 0 aromatic carbocycles. The molecule has 0 saturated carbocycles. The highest BCUT2D eigenvalue weighted by Gasteiger charge is 2.36. The molecule has 1 heterocycles. The molecule has 4 atom stereocenters. The van der Waals surface area contributed by atoms with Crippen molar-refractivity contribution in [2.24, 2.45) is 0 Å². The van der Waals surface area contributed by atoms with Gasteiger partial charge in [0.05, 0.1) is 24.4 Å². The molecule has 2 N–H and O–H groups in total. The third kappa shape index (κ3) is 7.75. The zero-order valence-corrected chi connectivity index (χ0v) is 14.4. The molecule has 1 fully saturated rings. The highest BCUT2D eigenvalue weighted by Crippen LogP contribution is 2.28. The zero-order chi connectivity index (χ0) is 16.2. The molecule has 1 rings (SSSR count). The Kier molecular flexibility index (Phi) is 10.8. The van der Waals surface area contributed by atoms with Gasteiger partial charge in [-0.1, -0.05) is 57.9 Å². The Labute approximate surface area is 136 Å². The number of ether oxygens (including phenoxy) is 1. The van der Waals surface area contributed by atoms with Gasteiger partial charge in [0.1, 0.15) is 0 Å². The Morgan fingerprint density at radius 1 is 1.14 bits per heavy atom. The molecule has 0 spiro atoms.